The molecule has 2 N–H and O–H groups in total. The fourth-order valence-electron chi connectivity index (χ4n) is 2.26. The number of halogens is 1. The highest BCUT2D eigenvalue weighted by Gasteiger charge is 2.22. The van der Waals surface area contributed by atoms with E-state index in [-0.39, 0.29) is 27.8 Å². The number of hydrazine groups is 1. The van der Waals surface area contributed by atoms with Gasteiger partial charge in [0.25, 0.3) is 21.6 Å². The van der Waals surface area contributed by atoms with Crippen molar-refractivity contribution < 1.29 is 32.3 Å². The average Bonchev–Trinajstić information content (AvgIpc) is 2.70. The number of carbonyl (C=O) groups excluding carboxylic acids is 1. The van der Waals surface area contributed by atoms with E-state index in [1.165, 1.54) is 33.5 Å². The Hall–Kier alpha value is -3.09. The smallest absolute Gasteiger partial charge is 0.289 e. The molecule has 0 unspecified atom stereocenters. The van der Waals surface area contributed by atoms with Crippen molar-refractivity contribution in [2.24, 2.45) is 0 Å². The Balaban J connectivity index is 2.26. The first-order valence-corrected chi connectivity index (χ1v) is 9.56. The Kier molecular flexibility index (Phi) is 6.84. The molecule has 0 aliphatic rings. The molecule has 11 nitrogen and oxygen atoms in total. The standard InChI is InChI=1S/C16H16ClN3O8S/c1-26-13-6-9(7-14(27-2)15(13)28-3)16(21)18-19-29(24,25)10-4-5-11(17)12(8-10)20(22)23/h4-8,19H,1-3H3,(H,18,21). The molecule has 2 aromatic rings. The molecule has 0 saturated heterocycles. The Bertz CT molecular complexity index is 1030. The van der Waals surface area contributed by atoms with Crippen LogP contribution in [0.3, 0.4) is 0 Å². The van der Waals surface area contributed by atoms with Crippen molar-refractivity contribution in [3.8, 4) is 17.2 Å². The van der Waals surface area contributed by atoms with Gasteiger partial charge < -0.3 is 14.2 Å². The summed E-state index contributed by atoms with van der Waals surface area (Å²) in [6, 6.07) is 5.53. The lowest BCUT2D eigenvalue weighted by Gasteiger charge is -2.14. The SMILES string of the molecule is COc1cc(C(=O)NNS(=O)(=O)c2ccc(Cl)c([N+](=O)[O-])c2)cc(OC)c1OC. The molecule has 0 aliphatic carbocycles. The van der Waals surface area contributed by atoms with E-state index in [9.17, 15) is 23.3 Å². The zero-order valence-corrected chi connectivity index (χ0v) is 17.0. The first-order chi connectivity index (χ1) is 13.6. The van der Waals surface area contributed by atoms with Crippen LogP contribution < -0.4 is 24.5 Å². The summed E-state index contributed by atoms with van der Waals surface area (Å²) in [6.07, 6.45) is 0. The minimum atomic E-state index is -4.31. The van der Waals surface area contributed by atoms with Gasteiger partial charge in [0.2, 0.25) is 5.75 Å². The van der Waals surface area contributed by atoms with Crippen molar-refractivity contribution >= 4 is 33.2 Å². The normalized spacial score (nSPS) is 10.9. The van der Waals surface area contributed by atoms with E-state index in [2.05, 4.69) is 0 Å². The topological polar surface area (TPSA) is 146 Å². The molecule has 0 aliphatic heterocycles. The van der Waals surface area contributed by atoms with Crippen LogP contribution in [0.1, 0.15) is 10.4 Å². The third-order valence-electron chi connectivity index (χ3n) is 3.65. The summed E-state index contributed by atoms with van der Waals surface area (Å²) < 4.78 is 40.1. The Morgan fingerprint density at radius 2 is 1.66 bits per heavy atom. The van der Waals surface area contributed by atoms with E-state index in [1.807, 2.05) is 10.3 Å². The van der Waals surface area contributed by atoms with E-state index in [1.54, 1.807) is 0 Å². The number of methoxy groups -OCH3 is 3. The lowest BCUT2D eigenvalue weighted by molar-refractivity contribution is -0.384. The second-order valence-electron chi connectivity index (χ2n) is 5.34. The maximum atomic E-state index is 12.4. The largest absolute Gasteiger partial charge is 0.493 e. The summed E-state index contributed by atoms with van der Waals surface area (Å²) in [4.78, 5) is 23.9. The van der Waals surface area contributed by atoms with Crippen LogP contribution in [0.2, 0.25) is 5.02 Å². The number of carbonyl (C=O) groups is 1. The number of hydrogen-bond donors (Lipinski definition) is 2. The van der Waals surface area contributed by atoms with Gasteiger partial charge in [-0.15, -0.1) is 4.83 Å². The van der Waals surface area contributed by atoms with E-state index in [0.717, 1.165) is 18.2 Å². The number of benzene rings is 2. The number of rotatable bonds is 8. The minimum Gasteiger partial charge on any atom is -0.493 e. The maximum absolute atomic E-state index is 12.4. The zero-order chi connectivity index (χ0) is 21.8. The van der Waals surface area contributed by atoms with Crippen LogP contribution >= 0.6 is 11.6 Å². The number of nitrogens with zero attached hydrogens (tertiary/aromatic N) is 1. The number of hydrogen-bond acceptors (Lipinski definition) is 8. The quantitative estimate of drug-likeness (QED) is 0.462. The second-order valence-corrected chi connectivity index (χ2v) is 7.43. The van der Waals surface area contributed by atoms with Crippen molar-refractivity contribution in [1.82, 2.24) is 10.3 Å². The molecular weight excluding hydrogens is 430 g/mol. The van der Waals surface area contributed by atoms with Gasteiger partial charge in [0, 0.05) is 11.6 Å². The lowest BCUT2D eigenvalue weighted by Crippen LogP contribution is -2.41. The third-order valence-corrected chi connectivity index (χ3v) is 5.22. The molecule has 0 heterocycles. The molecule has 0 aromatic heterocycles. The molecule has 0 saturated carbocycles. The van der Waals surface area contributed by atoms with E-state index < -0.39 is 31.4 Å². The average molecular weight is 446 g/mol. The molecule has 2 rings (SSSR count). The molecule has 0 atom stereocenters. The van der Waals surface area contributed by atoms with Crippen LogP contribution in [0, 0.1) is 10.1 Å². The van der Waals surface area contributed by atoms with Crippen molar-refractivity contribution in [1.29, 1.82) is 0 Å². The molecule has 2 aromatic carbocycles. The summed E-state index contributed by atoms with van der Waals surface area (Å²) in [6.45, 7) is 0. The summed E-state index contributed by atoms with van der Waals surface area (Å²) in [7, 11) is -0.212. The van der Waals surface area contributed by atoms with Crippen molar-refractivity contribution in [2.45, 2.75) is 4.90 Å². The summed E-state index contributed by atoms with van der Waals surface area (Å²) >= 11 is 5.67. The minimum absolute atomic E-state index is 0.00397. The molecule has 0 bridgehead atoms. The van der Waals surface area contributed by atoms with Gasteiger partial charge in [-0.1, -0.05) is 11.6 Å². The van der Waals surface area contributed by atoms with Gasteiger partial charge in [0.15, 0.2) is 11.5 Å². The molecule has 0 fully saturated rings. The van der Waals surface area contributed by atoms with Crippen LogP contribution in [0.15, 0.2) is 35.2 Å². The summed E-state index contributed by atoms with van der Waals surface area (Å²) in [5.74, 6) is -0.210. The molecule has 29 heavy (non-hydrogen) atoms. The number of sulfonamides is 1. The van der Waals surface area contributed by atoms with Crippen LogP contribution in [0.5, 0.6) is 17.2 Å². The molecule has 1 amide bonds. The fraction of sp³-hybridized carbons (Fsp3) is 0.188. The predicted octanol–water partition coefficient (Wildman–Crippen LogP) is 1.90. The van der Waals surface area contributed by atoms with Crippen LogP contribution in [0.25, 0.3) is 0 Å². The van der Waals surface area contributed by atoms with Crippen LogP contribution in [-0.4, -0.2) is 40.6 Å². The van der Waals surface area contributed by atoms with E-state index in [0.29, 0.717) is 0 Å². The van der Waals surface area contributed by atoms with Crippen molar-refractivity contribution in [3.05, 3.63) is 51.0 Å². The maximum Gasteiger partial charge on any atom is 0.289 e. The molecule has 0 radical (unpaired) electrons. The highest BCUT2D eigenvalue weighted by molar-refractivity contribution is 7.89. The van der Waals surface area contributed by atoms with Crippen LogP contribution in [0.4, 0.5) is 5.69 Å². The molecule has 156 valence electrons. The predicted molar refractivity (Wildman–Crippen MR) is 102 cm³/mol. The molecule has 13 heteroatoms. The fourth-order valence-corrected chi connectivity index (χ4v) is 3.30. The van der Waals surface area contributed by atoms with Gasteiger partial charge in [-0.25, -0.2) is 8.42 Å². The first-order valence-electron chi connectivity index (χ1n) is 7.70. The van der Waals surface area contributed by atoms with Gasteiger partial charge in [0.1, 0.15) is 5.02 Å². The van der Waals surface area contributed by atoms with Crippen LogP contribution in [-0.2, 0) is 10.0 Å². The Labute approximate surface area is 170 Å². The zero-order valence-electron chi connectivity index (χ0n) is 15.4. The van der Waals surface area contributed by atoms with Gasteiger partial charge in [0.05, 0.1) is 31.1 Å². The third kappa shape index (κ3) is 4.85. The second kappa shape index (κ2) is 8.94. The highest BCUT2D eigenvalue weighted by atomic mass is 35.5. The number of ether oxygens (including phenoxy) is 3. The first kappa shape index (κ1) is 22.2. The van der Waals surface area contributed by atoms with Gasteiger partial charge in [-0.05, 0) is 24.3 Å². The van der Waals surface area contributed by atoms with Gasteiger partial charge in [-0.2, -0.15) is 0 Å². The number of nitro groups is 1. The van der Waals surface area contributed by atoms with E-state index in [4.69, 9.17) is 25.8 Å². The molecular formula is C16H16ClN3O8S. The molecule has 0 spiro atoms. The summed E-state index contributed by atoms with van der Waals surface area (Å²) in [5.41, 5.74) is 1.42. The Morgan fingerprint density at radius 3 is 2.14 bits per heavy atom. The van der Waals surface area contributed by atoms with Crippen molar-refractivity contribution in [3.63, 3.8) is 0 Å². The van der Waals surface area contributed by atoms with Gasteiger partial charge >= 0.3 is 0 Å². The lowest BCUT2D eigenvalue weighted by atomic mass is 10.1. The number of nitro benzene ring substituents is 1. The number of nitrogens with one attached hydrogen (secondary N) is 2. The highest BCUT2D eigenvalue weighted by Crippen LogP contribution is 2.38. The summed E-state index contributed by atoms with van der Waals surface area (Å²) in [5, 5.41) is 10.7. The Morgan fingerprint density at radius 1 is 1.07 bits per heavy atom. The number of amides is 1. The van der Waals surface area contributed by atoms with Crippen molar-refractivity contribution in [2.75, 3.05) is 21.3 Å². The monoisotopic (exact) mass is 445 g/mol. The van der Waals surface area contributed by atoms with E-state index >= 15 is 0 Å². The van der Waals surface area contributed by atoms with Gasteiger partial charge in [-0.3, -0.25) is 20.3 Å².